The van der Waals surface area contributed by atoms with Gasteiger partial charge in [-0.05, 0) is 26.3 Å². The van der Waals surface area contributed by atoms with Crippen LogP contribution in [0.3, 0.4) is 0 Å². The van der Waals surface area contributed by atoms with Crippen LogP contribution in [0.1, 0.15) is 26.7 Å². The van der Waals surface area contributed by atoms with E-state index in [0.717, 1.165) is 19.4 Å². The van der Waals surface area contributed by atoms with Crippen molar-refractivity contribution >= 4 is 0 Å². The number of nitrogens with one attached hydrogen (secondary N) is 1. The molecule has 0 radical (unpaired) electrons. The maximum absolute atomic E-state index is 12.0. The molecule has 1 unspecified atom stereocenters. The van der Waals surface area contributed by atoms with E-state index in [1.54, 1.807) is 0 Å². The third kappa shape index (κ3) is 8.12. The van der Waals surface area contributed by atoms with Gasteiger partial charge in [-0.1, -0.05) is 6.92 Å². The van der Waals surface area contributed by atoms with E-state index < -0.39 is 12.5 Å². The van der Waals surface area contributed by atoms with Gasteiger partial charge < -0.3 is 10.1 Å². The highest BCUT2D eigenvalue weighted by Crippen LogP contribution is 1.98. The van der Waals surface area contributed by atoms with Crippen LogP contribution in [0.2, 0.25) is 0 Å². The van der Waals surface area contributed by atoms with Crippen LogP contribution in [-0.4, -0.2) is 32.2 Å². The van der Waals surface area contributed by atoms with Crippen molar-refractivity contribution in [2.75, 3.05) is 19.8 Å². The molecule has 1 atom stereocenters. The van der Waals surface area contributed by atoms with E-state index in [4.69, 9.17) is 4.74 Å². The molecule has 0 aliphatic heterocycles. The van der Waals surface area contributed by atoms with Crippen molar-refractivity contribution < 1.29 is 13.5 Å². The van der Waals surface area contributed by atoms with Crippen LogP contribution in [0, 0.1) is 0 Å². The number of hydrogen-bond donors (Lipinski definition) is 1. The summed E-state index contributed by atoms with van der Waals surface area (Å²) in [5.74, 6) is 0. The molecule has 0 spiro atoms. The van der Waals surface area contributed by atoms with Crippen molar-refractivity contribution in [2.45, 2.75) is 39.2 Å². The zero-order chi connectivity index (χ0) is 10.1. The lowest BCUT2D eigenvalue weighted by Crippen LogP contribution is -2.33. The fourth-order valence-corrected chi connectivity index (χ4v) is 0.839. The van der Waals surface area contributed by atoms with Gasteiger partial charge in [0, 0.05) is 13.2 Å². The number of halogens is 2. The summed E-state index contributed by atoms with van der Waals surface area (Å²) < 4.78 is 29.1. The van der Waals surface area contributed by atoms with Gasteiger partial charge in [0.1, 0.15) is 0 Å². The Morgan fingerprint density at radius 2 is 2.00 bits per heavy atom. The van der Waals surface area contributed by atoms with E-state index in [0.29, 0.717) is 13.2 Å². The van der Waals surface area contributed by atoms with Crippen LogP contribution in [0.5, 0.6) is 0 Å². The molecule has 0 heterocycles. The van der Waals surface area contributed by atoms with Gasteiger partial charge in [0.15, 0.2) is 0 Å². The largest absolute Gasteiger partial charge is 0.381 e. The van der Waals surface area contributed by atoms with Crippen molar-refractivity contribution in [3.8, 4) is 0 Å². The van der Waals surface area contributed by atoms with E-state index in [1.807, 2.05) is 6.92 Å². The van der Waals surface area contributed by atoms with Gasteiger partial charge in [0.05, 0.1) is 6.04 Å². The van der Waals surface area contributed by atoms with Gasteiger partial charge in [-0.15, -0.1) is 0 Å². The zero-order valence-corrected chi connectivity index (χ0v) is 8.35. The summed E-state index contributed by atoms with van der Waals surface area (Å²) in [6.07, 6.45) is -0.491. The molecule has 4 heteroatoms. The maximum atomic E-state index is 12.0. The predicted octanol–water partition coefficient (Wildman–Crippen LogP) is 2.05. The second-order valence-corrected chi connectivity index (χ2v) is 3.04. The molecule has 0 saturated heterocycles. The molecule has 80 valence electrons. The zero-order valence-electron chi connectivity index (χ0n) is 8.35. The third-order valence-corrected chi connectivity index (χ3v) is 1.66. The highest BCUT2D eigenvalue weighted by molar-refractivity contribution is 4.61. The van der Waals surface area contributed by atoms with Crippen LogP contribution < -0.4 is 5.32 Å². The third-order valence-electron chi connectivity index (χ3n) is 1.66. The first-order valence-electron chi connectivity index (χ1n) is 4.77. The van der Waals surface area contributed by atoms with Gasteiger partial charge in [-0.3, -0.25) is 0 Å². The molecule has 0 aromatic carbocycles. The number of alkyl halides is 2. The Morgan fingerprint density at radius 1 is 1.31 bits per heavy atom. The Balaban J connectivity index is 3.07. The van der Waals surface area contributed by atoms with Crippen LogP contribution in [-0.2, 0) is 4.74 Å². The molecule has 0 rings (SSSR count). The number of rotatable bonds is 8. The van der Waals surface area contributed by atoms with Gasteiger partial charge in [-0.2, -0.15) is 0 Å². The Kier molecular flexibility index (Phi) is 8.24. The highest BCUT2D eigenvalue weighted by atomic mass is 19.3. The number of hydrogen-bond acceptors (Lipinski definition) is 2. The van der Waals surface area contributed by atoms with Gasteiger partial charge in [0.25, 0.3) is 6.43 Å². The molecule has 0 bridgehead atoms. The van der Waals surface area contributed by atoms with Crippen LogP contribution in [0.4, 0.5) is 8.78 Å². The van der Waals surface area contributed by atoms with Crippen molar-refractivity contribution in [3.05, 3.63) is 0 Å². The molecule has 0 saturated carbocycles. The van der Waals surface area contributed by atoms with Crippen molar-refractivity contribution in [2.24, 2.45) is 0 Å². The first-order valence-corrected chi connectivity index (χ1v) is 4.77. The summed E-state index contributed by atoms with van der Waals surface area (Å²) in [5.41, 5.74) is 0. The summed E-state index contributed by atoms with van der Waals surface area (Å²) in [6.45, 7) is 5.52. The summed E-state index contributed by atoms with van der Waals surface area (Å²) in [7, 11) is 0. The Morgan fingerprint density at radius 3 is 2.54 bits per heavy atom. The molecule has 0 aliphatic rings. The molecule has 0 aliphatic carbocycles. The van der Waals surface area contributed by atoms with Crippen molar-refractivity contribution in [3.63, 3.8) is 0 Å². The van der Waals surface area contributed by atoms with E-state index in [9.17, 15) is 8.78 Å². The standard InChI is InChI=1S/C9H19F2NO/c1-3-6-13-7-4-5-12-8(2)9(10)11/h8-9,12H,3-7H2,1-2H3. The Hall–Kier alpha value is -0.220. The smallest absolute Gasteiger partial charge is 0.253 e. The highest BCUT2D eigenvalue weighted by Gasteiger charge is 2.12. The minimum atomic E-state index is -2.28. The van der Waals surface area contributed by atoms with E-state index >= 15 is 0 Å². The van der Waals surface area contributed by atoms with Crippen molar-refractivity contribution in [1.82, 2.24) is 5.32 Å². The molecule has 0 amide bonds. The first kappa shape index (κ1) is 12.8. The lowest BCUT2D eigenvalue weighted by atomic mass is 10.3. The summed E-state index contributed by atoms with van der Waals surface area (Å²) in [5, 5.41) is 2.73. The lowest BCUT2D eigenvalue weighted by Gasteiger charge is -2.12. The van der Waals surface area contributed by atoms with Gasteiger partial charge >= 0.3 is 0 Å². The Bertz CT molecular complexity index is 112. The molecule has 1 N–H and O–H groups in total. The average Bonchev–Trinajstić information content (AvgIpc) is 2.10. The second kappa shape index (κ2) is 8.38. The van der Waals surface area contributed by atoms with E-state index in [-0.39, 0.29) is 0 Å². The topological polar surface area (TPSA) is 21.3 Å². The monoisotopic (exact) mass is 195 g/mol. The minimum absolute atomic E-state index is 0.592. The van der Waals surface area contributed by atoms with Crippen LogP contribution in [0.15, 0.2) is 0 Å². The fourth-order valence-electron chi connectivity index (χ4n) is 0.839. The molecule has 0 aromatic rings. The molecule has 2 nitrogen and oxygen atoms in total. The first-order chi connectivity index (χ1) is 6.18. The van der Waals surface area contributed by atoms with Crippen molar-refractivity contribution in [1.29, 1.82) is 0 Å². The second-order valence-electron chi connectivity index (χ2n) is 3.04. The lowest BCUT2D eigenvalue weighted by molar-refractivity contribution is 0.100. The summed E-state index contributed by atoms with van der Waals surface area (Å²) in [6, 6.07) is -0.717. The SMILES string of the molecule is CCCOCCCNC(C)C(F)F. The van der Waals surface area contributed by atoms with Crippen LogP contribution >= 0.6 is 0 Å². The summed E-state index contributed by atoms with van der Waals surface area (Å²) in [4.78, 5) is 0. The normalized spacial score (nSPS) is 13.6. The van der Waals surface area contributed by atoms with Gasteiger partial charge in [-0.25, -0.2) is 8.78 Å². The minimum Gasteiger partial charge on any atom is -0.381 e. The summed E-state index contributed by atoms with van der Waals surface area (Å²) >= 11 is 0. The molecule has 13 heavy (non-hydrogen) atoms. The van der Waals surface area contributed by atoms with Crippen LogP contribution in [0.25, 0.3) is 0 Å². The van der Waals surface area contributed by atoms with E-state index in [1.165, 1.54) is 6.92 Å². The fraction of sp³-hybridized carbons (Fsp3) is 1.00. The molecular weight excluding hydrogens is 176 g/mol. The quantitative estimate of drug-likeness (QED) is 0.598. The van der Waals surface area contributed by atoms with Gasteiger partial charge in [0.2, 0.25) is 0 Å². The van der Waals surface area contributed by atoms with E-state index in [2.05, 4.69) is 5.32 Å². The number of ether oxygens (including phenoxy) is 1. The average molecular weight is 195 g/mol. The maximum Gasteiger partial charge on any atom is 0.253 e. The molecule has 0 aromatic heterocycles. The predicted molar refractivity (Wildman–Crippen MR) is 49.2 cm³/mol. The molecule has 0 fully saturated rings. The Labute approximate surface area is 78.7 Å². The molecular formula is C9H19F2NO.